The topological polar surface area (TPSA) is 114 Å². The number of hydrogen-bond donors (Lipinski definition) is 2. The number of nitro groups is 1. The van der Waals surface area contributed by atoms with Crippen LogP contribution in [-0.4, -0.2) is 21.7 Å². The quantitative estimate of drug-likeness (QED) is 0.433. The van der Waals surface area contributed by atoms with Gasteiger partial charge in [0.05, 0.1) is 10.6 Å². The summed E-state index contributed by atoms with van der Waals surface area (Å²) in [6.07, 6.45) is 0. The number of anilines is 2. The molecule has 2 N–H and O–H groups in total. The zero-order valence-corrected chi connectivity index (χ0v) is 17.4. The number of thiazole rings is 1. The van der Waals surface area contributed by atoms with E-state index in [2.05, 4.69) is 15.6 Å². The van der Waals surface area contributed by atoms with E-state index in [1.54, 1.807) is 62.5 Å². The summed E-state index contributed by atoms with van der Waals surface area (Å²) in [5.74, 6) is -0.576. The molecule has 9 heteroatoms. The number of nitro benzene ring substituents is 1. The molecule has 30 heavy (non-hydrogen) atoms. The molecule has 0 aliphatic rings. The minimum atomic E-state index is -0.429. The van der Waals surface area contributed by atoms with Crippen molar-refractivity contribution in [1.82, 2.24) is 4.98 Å². The van der Waals surface area contributed by atoms with Crippen molar-refractivity contribution in [1.29, 1.82) is 0 Å². The van der Waals surface area contributed by atoms with Crippen LogP contribution in [0.1, 0.15) is 29.8 Å². The Morgan fingerprint density at radius 2 is 1.80 bits per heavy atom. The SMILES string of the molecule is Cc1ccc(-c2csc(NC(=O)c3ccc(NC(=O)C(C)C)cc3)n2)cc1[N+](=O)[O-]. The maximum Gasteiger partial charge on any atom is 0.272 e. The molecule has 2 aromatic carbocycles. The molecular weight excluding hydrogens is 404 g/mol. The fourth-order valence-corrected chi connectivity index (χ4v) is 3.30. The average molecular weight is 424 g/mol. The first-order valence-corrected chi connectivity index (χ1v) is 10.1. The number of aromatic nitrogens is 1. The first-order valence-electron chi connectivity index (χ1n) is 9.18. The number of nitrogens with one attached hydrogen (secondary N) is 2. The van der Waals surface area contributed by atoms with E-state index in [1.165, 1.54) is 17.4 Å². The Hall–Kier alpha value is -3.59. The van der Waals surface area contributed by atoms with Crippen molar-refractivity contribution in [2.75, 3.05) is 10.6 Å². The molecule has 0 radical (unpaired) electrons. The van der Waals surface area contributed by atoms with Crippen molar-refractivity contribution in [3.63, 3.8) is 0 Å². The summed E-state index contributed by atoms with van der Waals surface area (Å²) >= 11 is 1.23. The molecule has 2 amide bonds. The summed E-state index contributed by atoms with van der Waals surface area (Å²) < 4.78 is 0. The van der Waals surface area contributed by atoms with Crippen LogP contribution >= 0.6 is 11.3 Å². The minimum Gasteiger partial charge on any atom is -0.326 e. The summed E-state index contributed by atoms with van der Waals surface area (Å²) in [5.41, 5.74) is 2.78. The molecule has 0 bridgehead atoms. The highest BCUT2D eigenvalue weighted by atomic mass is 32.1. The molecule has 0 saturated carbocycles. The minimum absolute atomic E-state index is 0.0238. The second kappa shape index (κ2) is 8.83. The Kier molecular flexibility index (Phi) is 6.22. The molecular formula is C21H20N4O4S. The molecule has 0 saturated heterocycles. The van der Waals surface area contributed by atoms with Gasteiger partial charge in [-0.1, -0.05) is 26.0 Å². The third-order valence-corrected chi connectivity index (χ3v) is 5.12. The molecule has 0 aliphatic heterocycles. The number of carbonyl (C=O) groups excluding carboxylic acids is 2. The van der Waals surface area contributed by atoms with Crippen molar-refractivity contribution in [2.45, 2.75) is 20.8 Å². The van der Waals surface area contributed by atoms with Gasteiger partial charge in [0.15, 0.2) is 5.13 Å². The summed E-state index contributed by atoms with van der Waals surface area (Å²) in [4.78, 5) is 39.3. The summed E-state index contributed by atoms with van der Waals surface area (Å²) in [6.45, 7) is 5.27. The standard InChI is InChI=1S/C21H20N4O4S/c1-12(2)19(26)22-16-8-6-14(7-9-16)20(27)24-21-23-17(11-30-21)15-5-4-13(3)18(10-15)25(28)29/h4-12H,1-3H3,(H,22,26)(H,23,24,27). The van der Waals surface area contributed by atoms with Crippen LogP contribution in [-0.2, 0) is 4.79 Å². The van der Waals surface area contributed by atoms with E-state index in [-0.39, 0.29) is 23.4 Å². The molecule has 3 rings (SSSR count). The van der Waals surface area contributed by atoms with Gasteiger partial charge in [0.2, 0.25) is 5.91 Å². The molecule has 0 unspecified atom stereocenters. The highest BCUT2D eigenvalue weighted by Crippen LogP contribution is 2.29. The van der Waals surface area contributed by atoms with Gasteiger partial charge < -0.3 is 5.32 Å². The van der Waals surface area contributed by atoms with E-state index >= 15 is 0 Å². The average Bonchev–Trinajstić information content (AvgIpc) is 3.17. The van der Waals surface area contributed by atoms with Crippen LogP contribution in [0, 0.1) is 23.0 Å². The van der Waals surface area contributed by atoms with Crippen molar-refractivity contribution in [2.24, 2.45) is 5.92 Å². The largest absolute Gasteiger partial charge is 0.326 e. The van der Waals surface area contributed by atoms with Gasteiger partial charge in [-0.05, 0) is 31.2 Å². The third-order valence-electron chi connectivity index (χ3n) is 4.37. The monoisotopic (exact) mass is 424 g/mol. The van der Waals surface area contributed by atoms with Crippen LogP contribution in [0.5, 0.6) is 0 Å². The lowest BCUT2D eigenvalue weighted by atomic mass is 10.1. The number of hydrogen-bond acceptors (Lipinski definition) is 6. The molecule has 0 fully saturated rings. The van der Waals surface area contributed by atoms with Crippen LogP contribution < -0.4 is 10.6 Å². The number of carbonyl (C=O) groups is 2. The van der Waals surface area contributed by atoms with Gasteiger partial charge in [0.25, 0.3) is 11.6 Å². The Labute approximate surface area is 177 Å². The van der Waals surface area contributed by atoms with Gasteiger partial charge in [-0.25, -0.2) is 4.98 Å². The van der Waals surface area contributed by atoms with E-state index in [4.69, 9.17) is 0 Å². The maximum absolute atomic E-state index is 12.5. The first kappa shape index (κ1) is 21.1. The van der Waals surface area contributed by atoms with Crippen LogP contribution in [0.15, 0.2) is 47.8 Å². The Bertz CT molecular complexity index is 1110. The van der Waals surface area contributed by atoms with Gasteiger partial charge >= 0.3 is 0 Å². The normalized spacial score (nSPS) is 10.7. The Morgan fingerprint density at radius 1 is 1.10 bits per heavy atom. The highest BCUT2D eigenvalue weighted by Gasteiger charge is 2.15. The lowest BCUT2D eigenvalue weighted by molar-refractivity contribution is -0.385. The van der Waals surface area contributed by atoms with Gasteiger partial charge in [-0.2, -0.15) is 0 Å². The summed E-state index contributed by atoms with van der Waals surface area (Å²) in [6, 6.07) is 11.5. The number of benzene rings is 2. The van der Waals surface area contributed by atoms with Crippen LogP contribution in [0.2, 0.25) is 0 Å². The predicted molar refractivity (Wildman–Crippen MR) is 117 cm³/mol. The van der Waals surface area contributed by atoms with Gasteiger partial charge in [0.1, 0.15) is 0 Å². The number of amides is 2. The maximum atomic E-state index is 12.5. The fraction of sp³-hybridized carbons (Fsp3) is 0.190. The van der Waals surface area contributed by atoms with Gasteiger partial charge in [0, 0.05) is 39.7 Å². The van der Waals surface area contributed by atoms with Crippen molar-refractivity contribution in [3.8, 4) is 11.3 Å². The van der Waals surface area contributed by atoms with E-state index in [9.17, 15) is 19.7 Å². The predicted octanol–water partition coefficient (Wildman–Crippen LogP) is 4.87. The smallest absolute Gasteiger partial charge is 0.272 e. The molecule has 8 nitrogen and oxygen atoms in total. The van der Waals surface area contributed by atoms with E-state index in [0.717, 1.165) is 0 Å². The number of rotatable bonds is 6. The molecule has 1 aromatic heterocycles. The molecule has 0 aliphatic carbocycles. The first-order chi connectivity index (χ1) is 14.2. The third kappa shape index (κ3) is 4.87. The lowest BCUT2D eigenvalue weighted by Gasteiger charge is -2.08. The fourth-order valence-electron chi connectivity index (χ4n) is 2.59. The van der Waals surface area contributed by atoms with Crippen LogP contribution in [0.3, 0.4) is 0 Å². The molecule has 1 heterocycles. The van der Waals surface area contributed by atoms with Crippen molar-refractivity contribution in [3.05, 3.63) is 69.1 Å². The summed E-state index contributed by atoms with van der Waals surface area (Å²) in [5, 5.41) is 18.7. The highest BCUT2D eigenvalue weighted by molar-refractivity contribution is 7.14. The second-order valence-electron chi connectivity index (χ2n) is 6.97. The summed E-state index contributed by atoms with van der Waals surface area (Å²) in [7, 11) is 0. The van der Waals surface area contributed by atoms with Crippen molar-refractivity contribution < 1.29 is 14.5 Å². The van der Waals surface area contributed by atoms with Crippen LogP contribution in [0.25, 0.3) is 11.3 Å². The number of nitrogens with zero attached hydrogens (tertiary/aromatic N) is 2. The zero-order valence-electron chi connectivity index (χ0n) is 16.6. The van der Waals surface area contributed by atoms with Gasteiger partial charge in [-0.15, -0.1) is 11.3 Å². The molecule has 0 atom stereocenters. The number of aryl methyl sites for hydroxylation is 1. The van der Waals surface area contributed by atoms with E-state index in [0.29, 0.717) is 33.2 Å². The molecule has 3 aromatic rings. The Balaban J connectivity index is 1.70. The molecule has 154 valence electrons. The van der Waals surface area contributed by atoms with Crippen LogP contribution in [0.4, 0.5) is 16.5 Å². The Morgan fingerprint density at radius 3 is 2.43 bits per heavy atom. The molecule has 0 spiro atoms. The van der Waals surface area contributed by atoms with Crippen molar-refractivity contribution >= 4 is 39.7 Å². The second-order valence-corrected chi connectivity index (χ2v) is 7.83. The zero-order chi connectivity index (χ0) is 21.8. The van der Waals surface area contributed by atoms with E-state index < -0.39 is 4.92 Å². The lowest BCUT2D eigenvalue weighted by Crippen LogP contribution is -2.18. The van der Waals surface area contributed by atoms with Gasteiger partial charge in [-0.3, -0.25) is 25.0 Å². The van der Waals surface area contributed by atoms with E-state index in [1.807, 2.05) is 0 Å².